The molecular weight excluding hydrogens is 240 g/mol. The topological polar surface area (TPSA) is 53.9 Å². The van der Waals surface area contributed by atoms with Crippen molar-refractivity contribution in [2.24, 2.45) is 4.99 Å². The average molecular weight is 254 g/mol. The van der Waals surface area contributed by atoms with Gasteiger partial charge in [-0.1, -0.05) is 36.4 Å². The lowest BCUT2D eigenvalue weighted by Gasteiger charge is -2.08. The van der Waals surface area contributed by atoms with Gasteiger partial charge in [0, 0.05) is 12.0 Å². The molecule has 1 aliphatic rings. The van der Waals surface area contributed by atoms with Crippen LogP contribution in [0.15, 0.2) is 59.6 Å². The zero-order chi connectivity index (χ0) is 13.1. The number of aromatic hydroxyl groups is 1. The largest absolute Gasteiger partial charge is 0.508 e. The first-order chi connectivity index (χ1) is 9.33. The van der Waals surface area contributed by atoms with Crippen molar-refractivity contribution >= 4 is 11.5 Å². The molecule has 2 N–H and O–H groups in total. The molecular formula is C15H14N2O2. The highest BCUT2D eigenvalue weighted by atomic mass is 16.7. The predicted octanol–water partition coefficient (Wildman–Crippen LogP) is 3.09. The molecule has 4 nitrogen and oxygen atoms in total. The summed E-state index contributed by atoms with van der Waals surface area (Å²) in [7, 11) is 0. The van der Waals surface area contributed by atoms with Gasteiger partial charge in [-0.25, -0.2) is 4.99 Å². The van der Waals surface area contributed by atoms with Crippen LogP contribution in [-0.4, -0.2) is 10.9 Å². The van der Waals surface area contributed by atoms with Crippen molar-refractivity contribution in [2.75, 3.05) is 0 Å². The van der Waals surface area contributed by atoms with Crippen molar-refractivity contribution in [3.63, 3.8) is 0 Å². The molecule has 2 aromatic carbocycles. The summed E-state index contributed by atoms with van der Waals surface area (Å²) in [5.41, 5.74) is 4.47. The maximum absolute atomic E-state index is 9.80. The molecule has 19 heavy (non-hydrogen) atoms. The molecule has 4 heteroatoms. The maximum atomic E-state index is 9.80. The Morgan fingerprint density at radius 1 is 1.05 bits per heavy atom. The summed E-state index contributed by atoms with van der Waals surface area (Å²) in [6.45, 7) is 0. The first kappa shape index (κ1) is 11.7. The van der Waals surface area contributed by atoms with Crippen LogP contribution >= 0.6 is 0 Å². The molecule has 1 atom stereocenters. The molecule has 2 aromatic rings. The maximum Gasteiger partial charge on any atom is 0.129 e. The summed E-state index contributed by atoms with van der Waals surface area (Å²) in [6.07, 6.45) is 0.413. The van der Waals surface area contributed by atoms with Gasteiger partial charge in [-0.3, -0.25) is 10.3 Å². The number of phenols is 1. The van der Waals surface area contributed by atoms with Gasteiger partial charge >= 0.3 is 0 Å². The van der Waals surface area contributed by atoms with Crippen molar-refractivity contribution in [3.05, 3.63) is 60.2 Å². The van der Waals surface area contributed by atoms with Crippen LogP contribution in [0.25, 0.3) is 0 Å². The number of nitrogens with zero attached hydrogens (tertiary/aromatic N) is 1. The molecule has 1 heterocycles. The molecule has 0 spiro atoms. The average Bonchev–Trinajstić information content (AvgIpc) is 2.89. The molecule has 3 rings (SSSR count). The Morgan fingerprint density at radius 2 is 1.79 bits per heavy atom. The Bertz CT molecular complexity index is 596. The van der Waals surface area contributed by atoms with Gasteiger partial charge in [-0.2, -0.15) is 0 Å². The minimum absolute atomic E-state index is 0.205. The van der Waals surface area contributed by atoms with E-state index in [9.17, 15) is 5.11 Å². The summed E-state index contributed by atoms with van der Waals surface area (Å²) >= 11 is 0. The van der Waals surface area contributed by atoms with Crippen molar-refractivity contribution in [2.45, 2.75) is 12.5 Å². The highest BCUT2D eigenvalue weighted by Gasteiger charge is 2.25. The smallest absolute Gasteiger partial charge is 0.129 e. The second-order valence-corrected chi connectivity index (χ2v) is 4.37. The van der Waals surface area contributed by atoms with Crippen LogP contribution in [0.3, 0.4) is 0 Å². The van der Waals surface area contributed by atoms with Crippen LogP contribution in [0.1, 0.15) is 18.1 Å². The highest BCUT2D eigenvalue weighted by Crippen LogP contribution is 2.31. The van der Waals surface area contributed by atoms with Crippen molar-refractivity contribution in [3.8, 4) is 5.75 Å². The number of benzene rings is 2. The van der Waals surface area contributed by atoms with E-state index in [4.69, 9.17) is 4.84 Å². The number of amidine groups is 1. The van der Waals surface area contributed by atoms with Crippen LogP contribution in [0.4, 0.5) is 5.69 Å². The molecule has 0 radical (unpaired) electrons. The zero-order valence-electron chi connectivity index (χ0n) is 10.3. The summed E-state index contributed by atoms with van der Waals surface area (Å²) < 4.78 is 0. The first-order valence-electron chi connectivity index (χ1n) is 6.15. The molecule has 1 aliphatic heterocycles. The fraction of sp³-hybridized carbons (Fsp3) is 0.133. The second-order valence-electron chi connectivity index (χ2n) is 4.37. The van der Waals surface area contributed by atoms with Gasteiger partial charge in [-0.05, 0) is 18.2 Å². The van der Waals surface area contributed by atoms with Crippen LogP contribution in [0.2, 0.25) is 0 Å². The number of hydroxylamine groups is 1. The number of hydrogen-bond donors (Lipinski definition) is 2. The molecule has 1 fully saturated rings. The number of phenolic OH excluding ortho intramolecular Hbond substituents is 1. The summed E-state index contributed by atoms with van der Waals surface area (Å²) in [5, 5.41) is 9.80. The third-order valence-electron chi connectivity index (χ3n) is 3.00. The van der Waals surface area contributed by atoms with Gasteiger partial charge in [0.1, 0.15) is 17.7 Å². The Hall–Kier alpha value is -2.33. The van der Waals surface area contributed by atoms with E-state index in [1.165, 1.54) is 0 Å². The summed E-state index contributed by atoms with van der Waals surface area (Å²) in [5.74, 6) is 1.01. The second kappa shape index (κ2) is 5.12. The lowest BCUT2D eigenvalue weighted by Crippen LogP contribution is -2.11. The predicted molar refractivity (Wildman–Crippen MR) is 73.2 cm³/mol. The fourth-order valence-corrected chi connectivity index (χ4v) is 2.06. The zero-order valence-corrected chi connectivity index (χ0v) is 10.3. The van der Waals surface area contributed by atoms with Gasteiger partial charge in [0.2, 0.25) is 0 Å². The van der Waals surface area contributed by atoms with Gasteiger partial charge in [0.05, 0.1) is 5.69 Å². The van der Waals surface area contributed by atoms with Gasteiger partial charge in [0.25, 0.3) is 0 Å². The van der Waals surface area contributed by atoms with E-state index >= 15 is 0 Å². The lowest BCUT2D eigenvalue weighted by molar-refractivity contribution is 0.0434. The number of nitrogens with one attached hydrogen (secondary N) is 1. The first-order valence-corrected chi connectivity index (χ1v) is 6.15. The number of hydrogen-bond acceptors (Lipinski definition) is 3. The van der Waals surface area contributed by atoms with E-state index in [1.807, 2.05) is 42.5 Å². The molecule has 96 valence electrons. The Kier molecular flexibility index (Phi) is 3.16. The van der Waals surface area contributed by atoms with Crippen LogP contribution in [0.5, 0.6) is 5.75 Å². The molecule has 1 unspecified atom stereocenters. The van der Waals surface area contributed by atoms with Crippen molar-refractivity contribution in [1.29, 1.82) is 0 Å². The highest BCUT2D eigenvalue weighted by molar-refractivity contribution is 5.85. The molecule has 0 aromatic heterocycles. The lowest BCUT2D eigenvalue weighted by atomic mass is 10.1. The van der Waals surface area contributed by atoms with Gasteiger partial charge < -0.3 is 5.11 Å². The Balaban J connectivity index is 1.78. The third-order valence-corrected chi connectivity index (χ3v) is 3.00. The minimum atomic E-state index is -0.205. The van der Waals surface area contributed by atoms with Crippen LogP contribution < -0.4 is 5.48 Å². The Labute approximate surface area is 111 Å². The van der Waals surface area contributed by atoms with E-state index in [1.54, 1.807) is 12.1 Å². The summed E-state index contributed by atoms with van der Waals surface area (Å²) in [6, 6.07) is 16.9. The van der Waals surface area contributed by atoms with E-state index in [0.29, 0.717) is 6.42 Å². The monoisotopic (exact) mass is 254 g/mol. The minimum Gasteiger partial charge on any atom is -0.508 e. The SMILES string of the molecule is Oc1ccccc1C1CC(=Nc2ccccc2)NO1. The number of para-hydroxylation sites is 2. The van der Waals surface area contributed by atoms with Crippen LogP contribution in [-0.2, 0) is 4.84 Å². The summed E-state index contributed by atoms with van der Waals surface area (Å²) in [4.78, 5) is 9.93. The Morgan fingerprint density at radius 3 is 2.58 bits per heavy atom. The van der Waals surface area contributed by atoms with Crippen molar-refractivity contribution in [1.82, 2.24) is 5.48 Å². The van der Waals surface area contributed by atoms with Crippen LogP contribution in [0, 0.1) is 0 Å². The van der Waals surface area contributed by atoms with Gasteiger partial charge in [-0.15, -0.1) is 0 Å². The number of aliphatic imine (C=N–C) groups is 1. The molecule has 0 amide bonds. The quantitative estimate of drug-likeness (QED) is 0.865. The van der Waals surface area contributed by atoms with E-state index in [-0.39, 0.29) is 11.9 Å². The fourth-order valence-electron chi connectivity index (χ4n) is 2.06. The number of rotatable bonds is 2. The third kappa shape index (κ3) is 2.58. The molecule has 1 saturated heterocycles. The van der Waals surface area contributed by atoms with Crippen molar-refractivity contribution < 1.29 is 9.94 Å². The molecule has 0 saturated carbocycles. The molecule has 0 bridgehead atoms. The van der Waals surface area contributed by atoms with E-state index in [2.05, 4.69) is 10.5 Å². The van der Waals surface area contributed by atoms with Gasteiger partial charge in [0.15, 0.2) is 0 Å². The standard InChI is InChI=1S/C15H14N2O2/c18-13-9-5-4-8-12(13)14-10-15(17-19-14)16-11-6-2-1-3-7-11/h1-9,14,18H,10H2,(H,16,17). The molecule has 0 aliphatic carbocycles. The van der Waals surface area contributed by atoms with E-state index in [0.717, 1.165) is 17.1 Å². The van der Waals surface area contributed by atoms with E-state index < -0.39 is 0 Å². The normalized spacial score (nSPS) is 20.4.